The van der Waals surface area contributed by atoms with E-state index in [0.717, 1.165) is 128 Å². The first-order valence-electron chi connectivity index (χ1n) is 42.2. The molecule has 0 aliphatic heterocycles. The lowest BCUT2D eigenvalue weighted by atomic mass is 10.0. The first kappa shape index (κ1) is 101. The van der Waals surface area contributed by atoms with Crippen LogP contribution in [0.4, 0.5) is 0 Å². The highest BCUT2D eigenvalue weighted by Crippen LogP contribution is 2.45. The van der Waals surface area contributed by atoms with Crippen LogP contribution in [-0.2, 0) is 55.8 Å². The minimum Gasteiger partial charge on any atom is -0.463 e. The molecule has 0 rings (SSSR count). The Morgan fingerprint density at radius 2 is 0.505 bits per heavy atom. The Morgan fingerprint density at radius 3 is 0.819 bits per heavy atom. The molecule has 5 unspecified atom stereocenters. The molecule has 0 aromatic heterocycles. The molecular formula is C87H154O16P2. The lowest BCUT2D eigenvalue weighted by molar-refractivity contribution is -0.161. The van der Waals surface area contributed by atoms with Gasteiger partial charge >= 0.3 is 33.6 Å². The number of ether oxygens (including phenoxy) is 3. The third-order valence-corrected chi connectivity index (χ3v) is 19.9. The van der Waals surface area contributed by atoms with Crippen molar-refractivity contribution in [3.63, 3.8) is 0 Å². The predicted octanol–water partition coefficient (Wildman–Crippen LogP) is 25.1. The van der Waals surface area contributed by atoms with Gasteiger partial charge in [-0.3, -0.25) is 32.5 Å². The van der Waals surface area contributed by atoms with Crippen LogP contribution in [0.5, 0.6) is 0 Å². The van der Waals surface area contributed by atoms with Gasteiger partial charge in [-0.15, -0.1) is 0 Å². The third kappa shape index (κ3) is 81.0. The molecule has 608 valence electrons. The summed E-state index contributed by atoms with van der Waals surface area (Å²) in [5.41, 5.74) is 0. The summed E-state index contributed by atoms with van der Waals surface area (Å²) in [6.07, 6.45) is 94.5. The molecule has 0 radical (unpaired) electrons. The van der Waals surface area contributed by atoms with Crippen molar-refractivity contribution in [2.45, 2.75) is 386 Å². The van der Waals surface area contributed by atoms with Crippen LogP contribution >= 0.6 is 15.6 Å². The number of unbranched alkanes of at least 4 members (excludes halogenated alkanes) is 39. The van der Waals surface area contributed by atoms with Gasteiger partial charge in [0, 0.05) is 19.3 Å². The maximum absolute atomic E-state index is 12.9. The molecule has 0 fully saturated rings. The topological polar surface area (TPSA) is 231 Å². The zero-order valence-electron chi connectivity index (χ0n) is 66.6. The molecule has 0 aliphatic rings. The number of rotatable bonds is 80. The van der Waals surface area contributed by atoms with E-state index in [0.29, 0.717) is 19.3 Å². The number of hydrogen-bond acceptors (Lipinski definition) is 14. The van der Waals surface area contributed by atoms with Gasteiger partial charge in [-0.2, -0.15) is 0 Å². The van der Waals surface area contributed by atoms with Crippen molar-refractivity contribution in [3.05, 3.63) is 109 Å². The van der Waals surface area contributed by atoms with Crippen LogP contribution in [0.2, 0.25) is 0 Å². The summed E-state index contributed by atoms with van der Waals surface area (Å²) in [7, 11) is -9.78. The molecule has 0 heterocycles. The quantitative estimate of drug-likeness (QED) is 0.0146. The molecule has 0 saturated carbocycles. The third-order valence-electron chi connectivity index (χ3n) is 18.0. The van der Waals surface area contributed by atoms with E-state index in [9.17, 15) is 43.5 Å². The highest BCUT2D eigenvalue weighted by molar-refractivity contribution is 7.47. The van der Waals surface area contributed by atoms with Gasteiger partial charge in [0.15, 0.2) is 6.10 Å². The Hall–Kier alpha value is -3.79. The summed E-state index contributed by atoms with van der Waals surface area (Å²) in [5.74, 6) is -1.57. The summed E-state index contributed by atoms with van der Waals surface area (Å²) in [5, 5.41) is 20.6. The predicted molar refractivity (Wildman–Crippen MR) is 436 cm³/mol. The molecular weight excluding hydrogens is 1360 g/mol. The maximum atomic E-state index is 12.9. The molecule has 5 atom stereocenters. The maximum Gasteiger partial charge on any atom is 0.472 e. The minimum absolute atomic E-state index is 0.106. The van der Waals surface area contributed by atoms with Gasteiger partial charge in [0.1, 0.15) is 25.4 Å². The van der Waals surface area contributed by atoms with Crippen LogP contribution in [0.3, 0.4) is 0 Å². The second-order valence-corrected chi connectivity index (χ2v) is 31.2. The van der Waals surface area contributed by atoms with Crippen molar-refractivity contribution >= 4 is 33.6 Å². The summed E-state index contributed by atoms with van der Waals surface area (Å²) < 4.78 is 61.2. The van der Waals surface area contributed by atoms with Gasteiger partial charge < -0.3 is 34.2 Å². The van der Waals surface area contributed by atoms with Gasteiger partial charge in [0.05, 0.1) is 26.4 Å². The molecule has 0 bridgehead atoms. The molecule has 0 aromatic carbocycles. The number of aliphatic hydroxyl groups excluding tert-OH is 2. The molecule has 4 N–H and O–H groups in total. The standard InChI is InChI=1S/C87H154O16P2/c1-4-7-10-13-16-19-22-24-26-28-30-32-34-36-37-38-39-40-41-42-43-45-47-48-50-52-54-56-59-61-64-67-70-73-85(90)97-76-82(88)77-99-104(93,94)100-78-83(89)79-101-105(95,96)102-81-84(103-87(92)75-72-69-66-63-58-21-18-15-12-9-6-3)80-98-86(91)74-71-68-65-62-60-57-55-53-51-49-46-44-35-33-31-29-27-25-23-20-17-14-11-8-5-2/h8,11,16-17,19-20,24-27,30-33,36-37,44,46,82-84,88-89H,4-7,9-10,12-15,18,21-23,28-29,34-35,38-43,45,47-81H2,1-3H3,(H,93,94)(H,95,96)/b11-8-,19-16-,20-17-,26-24-,27-25-,32-30-,33-31-,37-36-,46-44-. The summed E-state index contributed by atoms with van der Waals surface area (Å²) in [6, 6.07) is 0. The number of hydrogen-bond donors (Lipinski definition) is 4. The van der Waals surface area contributed by atoms with Crippen LogP contribution < -0.4 is 0 Å². The number of allylic oxidation sites excluding steroid dienone is 18. The van der Waals surface area contributed by atoms with E-state index in [4.69, 9.17) is 32.3 Å². The monoisotopic (exact) mass is 1520 g/mol. The summed E-state index contributed by atoms with van der Waals surface area (Å²) in [4.78, 5) is 58.6. The number of esters is 3. The highest BCUT2D eigenvalue weighted by atomic mass is 31.2. The van der Waals surface area contributed by atoms with Gasteiger partial charge in [-0.25, -0.2) is 9.13 Å². The first-order chi connectivity index (χ1) is 51.2. The molecule has 18 heteroatoms. The number of aliphatic hydroxyl groups is 2. The van der Waals surface area contributed by atoms with Gasteiger partial charge in [-0.1, -0.05) is 348 Å². The van der Waals surface area contributed by atoms with E-state index in [1.54, 1.807) is 0 Å². The largest absolute Gasteiger partial charge is 0.472 e. The average molecular weight is 1520 g/mol. The SMILES string of the molecule is CC/C=C\C/C=C\C/C=C\C/C=C\C/C=C\CCCCCCCCCCCC(=O)OCC(COP(=O)(O)OCC(O)COP(=O)(O)OCC(O)COC(=O)CCCCCCCCCCCCCCCCCCC/C=C\C/C=C\C/C=C\C/C=C\CCCCC)OC(=O)CCCCCCCCCCCCC. The van der Waals surface area contributed by atoms with Crippen LogP contribution in [0.25, 0.3) is 0 Å². The lowest BCUT2D eigenvalue weighted by Crippen LogP contribution is -2.30. The van der Waals surface area contributed by atoms with Crippen LogP contribution in [0, 0.1) is 0 Å². The van der Waals surface area contributed by atoms with Gasteiger partial charge in [0.2, 0.25) is 0 Å². The minimum atomic E-state index is -4.93. The average Bonchev–Trinajstić information content (AvgIpc) is 0.936. The van der Waals surface area contributed by atoms with Crippen molar-refractivity contribution in [2.24, 2.45) is 0 Å². The van der Waals surface area contributed by atoms with Gasteiger partial charge in [0.25, 0.3) is 0 Å². The molecule has 16 nitrogen and oxygen atoms in total. The second kappa shape index (κ2) is 79.8. The Kier molecular flexibility index (Phi) is 76.9. The fraction of sp³-hybridized carbons (Fsp3) is 0.759. The Morgan fingerprint density at radius 1 is 0.276 bits per heavy atom. The van der Waals surface area contributed by atoms with Crippen molar-refractivity contribution in [1.82, 2.24) is 0 Å². The normalized spacial score (nSPS) is 14.5. The van der Waals surface area contributed by atoms with Gasteiger partial charge in [-0.05, 0) is 109 Å². The van der Waals surface area contributed by atoms with E-state index < -0.39 is 91.5 Å². The van der Waals surface area contributed by atoms with E-state index >= 15 is 0 Å². The Balaban J connectivity index is 4.36. The number of carbonyl (C=O) groups excluding carboxylic acids is 3. The summed E-state index contributed by atoms with van der Waals surface area (Å²) in [6.45, 7) is 2.57. The van der Waals surface area contributed by atoms with Crippen molar-refractivity contribution in [1.29, 1.82) is 0 Å². The Bertz CT molecular complexity index is 2340. The van der Waals surface area contributed by atoms with E-state index in [-0.39, 0.29) is 19.3 Å². The molecule has 0 saturated heterocycles. The molecule has 0 amide bonds. The molecule has 0 aliphatic carbocycles. The first-order valence-corrected chi connectivity index (χ1v) is 45.2. The lowest BCUT2D eigenvalue weighted by Gasteiger charge is -2.21. The summed E-state index contributed by atoms with van der Waals surface area (Å²) >= 11 is 0. The van der Waals surface area contributed by atoms with Crippen LogP contribution in [-0.4, -0.2) is 95.9 Å². The van der Waals surface area contributed by atoms with Crippen molar-refractivity contribution in [3.8, 4) is 0 Å². The number of carbonyl (C=O) groups is 3. The zero-order valence-corrected chi connectivity index (χ0v) is 68.4. The van der Waals surface area contributed by atoms with E-state index in [2.05, 4.69) is 130 Å². The van der Waals surface area contributed by atoms with E-state index in [1.165, 1.54) is 180 Å². The molecule has 105 heavy (non-hydrogen) atoms. The highest BCUT2D eigenvalue weighted by Gasteiger charge is 2.29. The van der Waals surface area contributed by atoms with Crippen LogP contribution in [0.1, 0.15) is 367 Å². The molecule has 0 aromatic rings. The number of phosphoric ester groups is 2. The van der Waals surface area contributed by atoms with Crippen molar-refractivity contribution < 1.29 is 75.8 Å². The smallest absolute Gasteiger partial charge is 0.463 e. The zero-order chi connectivity index (χ0) is 76.6. The Labute approximate surface area is 640 Å². The number of phosphoric acid groups is 2. The van der Waals surface area contributed by atoms with Crippen molar-refractivity contribution in [2.75, 3.05) is 39.6 Å². The second-order valence-electron chi connectivity index (χ2n) is 28.3. The van der Waals surface area contributed by atoms with E-state index in [1.807, 2.05) is 0 Å². The van der Waals surface area contributed by atoms with Crippen LogP contribution in [0.15, 0.2) is 109 Å². The fourth-order valence-corrected chi connectivity index (χ4v) is 13.2. The molecule has 0 spiro atoms. The fourth-order valence-electron chi connectivity index (χ4n) is 11.6.